The average Bonchev–Trinajstić information content (AvgIpc) is 2.29. The predicted octanol–water partition coefficient (Wildman–Crippen LogP) is 3.06. The van der Waals surface area contributed by atoms with Crippen molar-refractivity contribution < 1.29 is 0 Å². The van der Waals surface area contributed by atoms with Gasteiger partial charge < -0.3 is 0 Å². The summed E-state index contributed by atoms with van der Waals surface area (Å²) in [6.07, 6.45) is 8.70. The zero-order valence-electron chi connectivity index (χ0n) is 9.19. The first-order chi connectivity index (χ1) is 7.93. The number of para-hydroxylation sites is 2. The maximum absolute atomic E-state index is 4.72. The van der Waals surface area contributed by atoms with E-state index in [4.69, 9.17) is 9.97 Å². The largest absolute Gasteiger partial charge is 0.249 e. The molecule has 0 amide bonds. The van der Waals surface area contributed by atoms with E-state index in [0.29, 0.717) is 0 Å². The zero-order chi connectivity index (χ0) is 10.8. The van der Waals surface area contributed by atoms with Crippen LogP contribution in [0.4, 0.5) is 0 Å². The number of aryl methyl sites for hydroxylation is 2. The summed E-state index contributed by atoms with van der Waals surface area (Å²) >= 11 is 0. The Morgan fingerprint density at radius 1 is 0.750 bits per heavy atom. The Kier molecular flexibility index (Phi) is 2.41. The van der Waals surface area contributed by atoms with Crippen molar-refractivity contribution in [2.45, 2.75) is 25.7 Å². The minimum Gasteiger partial charge on any atom is -0.249 e. The first kappa shape index (κ1) is 9.52. The summed E-state index contributed by atoms with van der Waals surface area (Å²) in [5.74, 6) is 0. The molecule has 2 aromatic rings. The summed E-state index contributed by atoms with van der Waals surface area (Å²) in [6, 6.07) is 8.12. The Morgan fingerprint density at radius 2 is 1.25 bits per heavy atom. The minimum atomic E-state index is 1.02. The molecule has 3 rings (SSSR count). The molecule has 1 aromatic heterocycles. The van der Waals surface area contributed by atoms with E-state index in [1.165, 1.54) is 11.4 Å². The number of allylic oxidation sites excluding steroid dienone is 2. The van der Waals surface area contributed by atoms with E-state index < -0.39 is 0 Å². The van der Waals surface area contributed by atoms with E-state index in [2.05, 4.69) is 12.2 Å². The number of aromatic nitrogens is 2. The summed E-state index contributed by atoms with van der Waals surface area (Å²) in [5.41, 5.74) is 4.41. The van der Waals surface area contributed by atoms with Crippen molar-refractivity contribution in [3.8, 4) is 0 Å². The van der Waals surface area contributed by atoms with Crippen molar-refractivity contribution in [1.29, 1.82) is 0 Å². The maximum atomic E-state index is 4.72. The van der Waals surface area contributed by atoms with Gasteiger partial charge in [0.05, 0.1) is 22.4 Å². The van der Waals surface area contributed by atoms with Crippen molar-refractivity contribution in [2.75, 3.05) is 0 Å². The van der Waals surface area contributed by atoms with E-state index in [1.54, 1.807) is 0 Å². The molecule has 2 nitrogen and oxygen atoms in total. The third-order valence-corrected chi connectivity index (χ3v) is 2.99. The number of benzene rings is 1. The monoisotopic (exact) mass is 210 g/mol. The predicted molar refractivity (Wildman–Crippen MR) is 65.3 cm³/mol. The molecule has 2 heteroatoms. The highest BCUT2D eigenvalue weighted by atomic mass is 14.8. The molecule has 0 saturated carbocycles. The van der Waals surface area contributed by atoms with Crippen LogP contribution < -0.4 is 0 Å². The molecule has 1 aliphatic carbocycles. The molecule has 1 heterocycles. The third kappa shape index (κ3) is 1.71. The van der Waals surface area contributed by atoms with Crippen molar-refractivity contribution in [1.82, 2.24) is 9.97 Å². The van der Waals surface area contributed by atoms with Gasteiger partial charge in [-0.15, -0.1) is 0 Å². The molecule has 1 aromatic carbocycles. The highest BCUT2D eigenvalue weighted by Crippen LogP contribution is 2.17. The zero-order valence-corrected chi connectivity index (χ0v) is 9.19. The summed E-state index contributed by atoms with van der Waals surface area (Å²) in [4.78, 5) is 9.44. The second-order valence-electron chi connectivity index (χ2n) is 4.15. The standard InChI is InChI=1S/C14H14N2/c1-2-4-8-12-11(7-3-1)15-13-9-5-6-10-14(13)16-12/h1-2,5-6,9-10H,3-4,7-8H2/b2-1-. The van der Waals surface area contributed by atoms with Crippen LogP contribution in [0.15, 0.2) is 36.4 Å². The fraction of sp³-hybridized carbons (Fsp3) is 0.286. The number of hydrogen-bond acceptors (Lipinski definition) is 2. The third-order valence-electron chi connectivity index (χ3n) is 2.99. The van der Waals surface area contributed by atoms with E-state index >= 15 is 0 Å². The highest BCUT2D eigenvalue weighted by molar-refractivity contribution is 5.74. The van der Waals surface area contributed by atoms with E-state index in [-0.39, 0.29) is 0 Å². The lowest BCUT2D eigenvalue weighted by molar-refractivity contribution is 0.832. The molecule has 0 aliphatic heterocycles. The summed E-state index contributed by atoms with van der Waals surface area (Å²) in [5, 5.41) is 0. The smallest absolute Gasteiger partial charge is 0.0890 e. The first-order valence-corrected chi connectivity index (χ1v) is 5.83. The molecule has 80 valence electrons. The number of hydrogen-bond donors (Lipinski definition) is 0. The molecule has 16 heavy (non-hydrogen) atoms. The van der Waals surface area contributed by atoms with Crippen LogP contribution >= 0.6 is 0 Å². The van der Waals surface area contributed by atoms with E-state index in [9.17, 15) is 0 Å². The van der Waals surface area contributed by atoms with Gasteiger partial charge in [-0.3, -0.25) is 0 Å². The van der Waals surface area contributed by atoms with Crippen LogP contribution in [-0.4, -0.2) is 9.97 Å². The molecule has 0 fully saturated rings. The van der Waals surface area contributed by atoms with Gasteiger partial charge in [0.15, 0.2) is 0 Å². The SMILES string of the molecule is C1=C\CCc2nc3ccccc3nc2CC/1. The van der Waals surface area contributed by atoms with Gasteiger partial charge in [0, 0.05) is 0 Å². The molecule has 0 radical (unpaired) electrons. The van der Waals surface area contributed by atoms with Gasteiger partial charge in [-0.2, -0.15) is 0 Å². The topological polar surface area (TPSA) is 25.8 Å². The lowest BCUT2D eigenvalue weighted by Gasteiger charge is -2.10. The summed E-state index contributed by atoms with van der Waals surface area (Å²) in [7, 11) is 0. The Labute approximate surface area is 95.0 Å². The number of nitrogens with zero attached hydrogens (tertiary/aromatic N) is 2. The van der Waals surface area contributed by atoms with Gasteiger partial charge in [-0.05, 0) is 37.8 Å². The maximum Gasteiger partial charge on any atom is 0.0890 e. The van der Waals surface area contributed by atoms with Crippen LogP contribution in [0.1, 0.15) is 24.2 Å². The van der Waals surface area contributed by atoms with Gasteiger partial charge in [-0.25, -0.2) is 9.97 Å². The lowest BCUT2D eigenvalue weighted by Crippen LogP contribution is -2.03. The van der Waals surface area contributed by atoms with Gasteiger partial charge in [0.2, 0.25) is 0 Å². The molecule has 0 spiro atoms. The molecular weight excluding hydrogens is 196 g/mol. The molecule has 0 bridgehead atoms. The fourth-order valence-corrected chi connectivity index (χ4v) is 2.15. The van der Waals surface area contributed by atoms with Crippen molar-refractivity contribution in [2.24, 2.45) is 0 Å². The minimum absolute atomic E-state index is 1.02. The number of rotatable bonds is 0. The Bertz CT molecular complexity index is 495. The van der Waals surface area contributed by atoms with Crippen LogP contribution in [0.2, 0.25) is 0 Å². The molecule has 0 atom stereocenters. The number of fused-ring (bicyclic) bond motifs is 2. The quantitative estimate of drug-likeness (QED) is 0.624. The molecule has 0 unspecified atom stereocenters. The Morgan fingerprint density at radius 3 is 1.75 bits per heavy atom. The lowest BCUT2D eigenvalue weighted by atomic mass is 10.1. The van der Waals surface area contributed by atoms with Crippen molar-refractivity contribution >= 4 is 11.0 Å². The summed E-state index contributed by atoms with van der Waals surface area (Å²) < 4.78 is 0. The molecule has 1 aliphatic rings. The molecular formula is C14H14N2. The highest BCUT2D eigenvalue weighted by Gasteiger charge is 2.08. The van der Waals surface area contributed by atoms with E-state index in [0.717, 1.165) is 36.7 Å². The fourth-order valence-electron chi connectivity index (χ4n) is 2.15. The van der Waals surface area contributed by atoms with Crippen LogP contribution in [0.25, 0.3) is 11.0 Å². The van der Waals surface area contributed by atoms with Crippen molar-refractivity contribution in [3.05, 3.63) is 47.8 Å². The Hall–Kier alpha value is -1.70. The van der Waals surface area contributed by atoms with Crippen LogP contribution in [0, 0.1) is 0 Å². The molecule has 0 saturated heterocycles. The normalized spacial score (nSPS) is 17.5. The molecule has 0 N–H and O–H groups in total. The second kappa shape index (κ2) is 4.05. The Balaban J connectivity index is 2.15. The van der Waals surface area contributed by atoms with Crippen LogP contribution in [0.3, 0.4) is 0 Å². The van der Waals surface area contributed by atoms with Crippen LogP contribution in [0.5, 0.6) is 0 Å². The van der Waals surface area contributed by atoms with Crippen molar-refractivity contribution in [3.63, 3.8) is 0 Å². The van der Waals surface area contributed by atoms with E-state index in [1.807, 2.05) is 24.3 Å². The first-order valence-electron chi connectivity index (χ1n) is 5.83. The van der Waals surface area contributed by atoms with Crippen LogP contribution in [-0.2, 0) is 12.8 Å². The summed E-state index contributed by atoms with van der Waals surface area (Å²) in [6.45, 7) is 0. The van der Waals surface area contributed by atoms with Gasteiger partial charge in [0.25, 0.3) is 0 Å². The average molecular weight is 210 g/mol. The van der Waals surface area contributed by atoms with Gasteiger partial charge in [-0.1, -0.05) is 24.3 Å². The van der Waals surface area contributed by atoms with Gasteiger partial charge in [0.1, 0.15) is 0 Å². The van der Waals surface area contributed by atoms with Gasteiger partial charge >= 0.3 is 0 Å². The second-order valence-corrected chi connectivity index (χ2v) is 4.15.